The third kappa shape index (κ3) is 2.06. The summed E-state index contributed by atoms with van der Waals surface area (Å²) in [6.07, 6.45) is 1.01. The van der Waals surface area contributed by atoms with Gasteiger partial charge in [0.25, 0.3) is 11.6 Å². The SMILES string of the molecule is Cc1ccc([N+](=O)[O-])cc1C(=O)N1CC[C@H]2CNC[C@H]21. The molecule has 1 aromatic rings. The number of nitro benzene ring substituents is 1. The number of likely N-dealkylation sites (tertiary alicyclic amines) is 1. The Bertz CT molecular complexity index is 573. The monoisotopic (exact) mass is 275 g/mol. The van der Waals surface area contributed by atoms with Gasteiger partial charge in [-0.3, -0.25) is 14.9 Å². The maximum atomic E-state index is 12.7. The highest BCUT2D eigenvalue weighted by molar-refractivity contribution is 5.96. The predicted molar refractivity (Wildman–Crippen MR) is 73.6 cm³/mol. The van der Waals surface area contributed by atoms with Crippen molar-refractivity contribution in [3.8, 4) is 0 Å². The largest absolute Gasteiger partial charge is 0.334 e. The van der Waals surface area contributed by atoms with Crippen molar-refractivity contribution in [2.24, 2.45) is 5.92 Å². The lowest BCUT2D eigenvalue weighted by Crippen LogP contribution is -2.39. The molecule has 1 amide bonds. The topological polar surface area (TPSA) is 75.5 Å². The molecule has 1 aromatic carbocycles. The van der Waals surface area contributed by atoms with Crippen LogP contribution in [-0.4, -0.2) is 41.4 Å². The van der Waals surface area contributed by atoms with Gasteiger partial charge in [0, 0.05) is 43.4 Å². The minimum absolute atomic E-state index is 0.0285. The lowest BCUT2D eigenvalue weighted by Gasteiger charge is -2.24. The zero-order valence-corrected chi connectivity index (χ0v) is 11.3. The van der Waals surface area contributed by atoms with E-state index in [2.05, 4.69) is 5.32 Å². The van der Waals surface area contributed by atoms with E-state index in [0.29, 0.717) is 11.5 Å². The van der Waals surface area contributed by atoms with Crippen molar-refractivity contribution in [1.29, 1.82) is 0 Å². The summed E-state index contributed by atoms with van der Waals surface area (Å²) in [6.45, 7) is 4.35. The fourth-order valence-electron chi connectivity index (χ4n) is 3.21. The zero-order valence-electron chi connectivity index (χ0n) is 11.3. The number of hydrogen-bond donors (Lipinski definition) is 1. The van der Waals surface area contributed by atoms with Gasteiger partial charge in [-0.25, -0.2) is 0 Å². The molecule has 0 radical (unpaired) electrons. The Morgan fingerprint density at radius 3 is 3.00 bits per heavy atom. The molecule has 0 bridgehead atoms. The van der Waals surface area contributed by atoms with E-state index in [0.717, 1.165) is 31.6 Å². The van der Waals surface area contributed by atoms with Crippen molar-refractivity contribution >= 4 is 11.6 Å². The third-order valence-corrected chi connectivity index (χ3v) is 4.37. The van der Waals surface area contributed by atoms with Gasteiger partial charge in [0.05, 0.1) is 4.92 Å². The molecule has 2 aliphatic rings. The number of nitro groups is 1. The standard InChI is InChI=1S/C14H17N3O3/c1-9-2-3-11(17(19)20)6-12(9)14(18)16-5-4-10-7-15-8-13(10)16/h2-3,6,10,13,15H,4-5,7-8H2,1H3/t10-,13+/m0/s1. The molecule has 6 heteroatoms. The molecular formula is C14H17N3O3. The van der Waals surface area contributed by atoms with Crippen LogP contribution in [0.1, 0.15) is 22.3 Å². The first-order valence-electron chi connectivity index (χ1n) is 6.84. The van der Waals surface area contributed by atoms with E-state index < -0.39 is 4.92 Å². The van der Waals surface area contributed by atoms with Crippen molar-refractivity contribution < 1.29 is 9.72 Å². The second-order valence-corrected chi connectivity index (χ2v) is 5.53. The first kappa shape index (κ1) is 13.1. The quantitative estimate of drug-likeness (QED) is 0.652. The summed E-state index contributed by atoms with van der Waals surface area (Å²) in [5, 5.41) is 14.2. The minimum Gasteiger partial charge on any atom is -0.334 e. The van der Waals surface area contributed by atoms with Crippen LogP contribution < -0.4 is 5.32 Å². The van der Waals surface area contributed by atoms with E-state index in [9.17, 15) is 14.9 Å². The highest BCUT2D eigenvalue weighted by Crippen LogP contribution is 2.29. The van der Waals surface area contributed by atoms with Crippen LogP contribution in [0.25, 0.3) is 0 Å². The molecule has 20 heavy (non-hydrogen) atoms. The first-order chi connectivity index (χ1) is 9.58. The van der Waals surface area contributed by atoms with Crippen molar-refractivity contribution in [3.63, 3.8) is 0 Å². The van der Waals surface area contributed by atoms with Crippen LogP contribution in [0, 0.1) is 23.0 Å². The Balaban J connectivity index is 1.90. The lowest BCUT2D eigenvalue weighted by molar-refractivity contribution is -0.384. The van der Waals surface area contributed by atoms with Crippen molar-refractivity contribution in [3.05, 3.63) is 39.4 Å². The van der Waals surface area contributed by atoms with Crippen LogP contribution in [-0.2, 0) is 0 Å². The van der Waals surface area contributed by atoms with Gasteiger partial charge in [-0.15, -0.1) is 0 Å². The van der Waals surface area contributed by atoms with E-state index in [1.165, 1.54) is 12.1 Å². The highest BCUT2D eigenvalue weighted by atomic mass is 16.6. The van der Waals surface area contributed by atoms with Gasteiger partial charge < -0.3 is 10.2 Å². The number of carbonyl (C=O) groups is 1. The summed E-state index contributed by atoms with van der Waals surface area (Å²) < 4.78 is 0. The molecule has 0 spiro atoms. The number of benzene rings is 1. The zero-order chi connectivity index (χ0) is 14.3. The number of carbonyl (C=O) groups excluding carboxylic acids is 1. The van der Waals surface area contributed by atoms with Gasteiger partial charge in [0.15, 0.2) is 0 Å². The summed E-state index contributed by atoms with van der Waals surface area (Å²) in [5.41, 5.74) is 1.21. The molecule has 1 N–H and O–H groups in total. The smallest absolute Gasteiger partial charge is 0.270 e. The first-order valence-corrected chi connectivity index (χ1v) is 6.84. The average molecular weight is 275 g/mol. The molecule has 0 saturated carbocycles. The molecule has 106 valence electrons. The number of amides is 1. The molecule has 3 rings (SSSR count). The van der Waals surface area contributed by atoms with Gasteiger partial charge >= 0.3 is 0 Å². The number of fused-ring (bicyclic) bond motifs is 1. The number of aryl methyl sites for hydroxylation is 1. The van der Waals surface area contributed by atoms with E-state index in [1.54, 1.807) is 6.07 Å². The number of nitrogens with zero attached hydrogens (tertiary/aromatic N) is 2. The molecule has 6 nitrogen and oxygen atoms in total. The van der Waals surface area contributed by atoms with E-state index in [-0.39, 0.29) is 17.6 Å². The van der Waals surface area contributed by atoms with Crippen molar-refractivity contribution in [2.75, 3.05) is 19.6 Å². The highest BCUT2D eigenvalue weighted by Gasteiger charge is 2.40. The van der Waals surface area contributed by atoms with Gasteiger partial charge in [-0.2, -0.15) is 0 Å². The number of non-ortho nitro benzene ring substituents is 1. The van der Waals surface area contributed by atoms with E-state index in [4.69, 9.17) is 0 Å². The predicted octanol–water partition coefficient (Wildman–Crippen LogP) is 1.34. The summed E-state index contributed by atoms with van der Waals surface area (Å²) in [5.74, 6) is 0.445. The van der Waals surface area contributed by atoms with E-state index in [1.807, 2.05) is 11.8 Å². The average Bonchev–Trinajstić information content (AvgIpc) is 3.00. The second kappa shape index (κ2) is 4.86. The van der Waals surface area contributed by atoms with Crippen LogP contribution in [0.4, 0.5) is 5.69 Å². The van der Waals surface area contributed by atoms with Crippen LogP contribution in [0.5, 0.6) is 0 Å². The van der Waals surface area contributed by atoms with Crippen LogP contribution in [0.3, 0.4) is 0 Å². The molecule has 2 fully saturated rings. The van der Waals surface area contributed by atoms with Crippen molar-refractivity contribution in [1.82, 2.24) is 10.2 Å². The van der Waals surface area contributed by atoms with Crippen molar-refractivity contribution in [2.45, 2.75) is 19.4 Å². The Hall–Kier alpha value is -1.95. The molecule has 2 atom stereocenters. The third-order valence-electron chi connectivity index (χ3n) is 4.37. The summed E-state index contributed by atoms with van der Waals surface area (Å²) in [7, 11) is 0. The summed E-state index contributed by atoms with van der Waals surface area (Å²) >= 11 is 0. The van der Waals surface area contributed by atoms with Crippen LogP contribution >= 0.6 is 0 Å². The second-order valence-electron chi connectivity index (χ2n) is 5.53. The lowest BCUT2D eigenvalue weighted by atomic mass is 10.0. The van der Waals surface area contributed by atoms with Crippen LogP contribution in [0.15, 0.2) is 18.2 Å². The normalized spacial score (nSPS) is 24.8. The molecule has 0 aromatic heterocycles. The number of rotatable bonds is 2. The minimum atomic E-state index is -0.458. The van der Waals surface area contributed by atoms with Crippen LogP contribution in [0.2, 0.25) is 0 Å². The van der Waals surface area contributed by atoms with Gasteiger partial charge in [-0.1, -0.05) is 6.07 Å². The Kier molecular flexibility index (Phi) is 3.17. The Morgan fingerprint density at radius 1 is 1.45 bits per heavy atom. The molecule has 0 unspecified atom stereocenters. The fraction of sp³-hybridized carbons (Fsp3) is 0.500. The molecule has 2 heterocycles. The molecule has 0 aliphatic carbocycles. The van der Waals surface area contributed by atoms with E-state index >= 15 is 0 Å². The summed E-state index contributed by atoms with van der Waals surface area (Å²) in [6, 6.07) is 4.72. The molecular weight excluding hydrogens is 258 g/mol. The van der Waals surface area contributed by atoms with Gasteiger partial charge in [-0.05, 0) is 24.8 Å². The van der Waals surface area contributed by atoms with Gasteiger partial charge in [0.1, 0.15) is 0 Å². The summed E-state index contributed by atoms with van der Waals surface area (Å²) in [4.78, 5) is 24.9. The number of hydrogen-bond acceptors (Lipinski definition) is 4. The maximum absolute atomic E-state index is 12.7. The Labute approximate surface area is 116 Å². The molecule has 2 saturated heterocycles. The Morgan fingerprint density at radius 2 is 2.25 bits per heavy atom. The maximum Gasteiger partial charge on any atom is 0.270 e. The molecule has 2 aliphatic heterocycles. The fourth-order valence-corrected chi connectivity index (χ4v) is 3.21. The number of nitrogens with one attached hydrogen (secondary N) is 1. The van der Waals surface area contributed by atoms with Gasteiger partial charge in [0.2, 0.25) is 0 Å².